The van der Waals surface area contributed by atoms with Crippen LogP contribution in [0.2, 0.25) is 0 Å². The molecule has 2 N–H and O–H groups in total. The molecule has 0 bridgehead atoms. The lowest BCUT2D eigenvalue weighted by Gasteiger charge is -2.18. The molecule has 9 heteroatoms. The highest BCUT2D eigenvalue weighted by molar-refractivity contribution is 7.46. The molecular formula is C36H67O8P. The van der Waals surface area contributed by atoms with E-state index < -0.39 is 32.5 Å². The first kappa shape index (κ1) is 43.5. The number of phosphoric acid groups is 1. The summed E-state index contributed by atoms with van der Waals surface area (Å²) in [6.45, 7) is 3.63. The van der Waals surface area contributed by atoms with Crippen molar-refractivity contribution in [2.45, 2.75) is 180 Å². The zero-order valence-electron chi connectivity index (χ0n) is 28.8. The molecule has 0 saturated heterocycles. The average molecular weight is 659 g/mol. The Morgan fingerprint density at radius 1 is 0.578 bits per heavy atom. The highest BCUT2D eigenvalue weighted by atomic mass is 31.2. The van der Waals surface area contributed by atoms with E-state index in [1.54, 1.807) is 0 Å². The summed E-state index contributed by atoms with van der Waals surface area (Å²) in [6, 6.07) is 0. The second kappa shape index (κ2) is 32.5. The zero-order valence-corrected chi connectivity index (χ0v) is 29.7. The summed E-state index contributed by atoms with van der Waals surface area (Å²) < 4.78 is 26.2. The lowest BCUT2D eigenvalue weighted by Crippen LogP contribution is -2.29. The zero-order chi connectivity index (χ0) is 33.3. The Morgan fingerprint density at radius 3 is 1.51 bits per heavy atom. The van der Waals surface area contributed by atoms with Crippen molar-refractivity contribution in [1.82, 2.24) is 0 Å². The van der Waals surface area contributed by atoms with Gasteiger partial charge in [-0.1, -0.05) is 141 Å². The molecule has 1 atom stereocenters. The van der Waals surface area contributed by atoms with E-state index in [0.29, 0.717) is 6.42 Å². The molecule has 45 heavy (non-hydrogen) atoms. The smallest absolute Gasteiger partial charge is 0.462 e. The van der Waals surface area contributed by atoms with Crippen molar-refractivity contribution in [3.05, 3.63) is 24.3 Å². The van der Waals surface area contributed by atoms with Crippen molar-refractivity contribution < 1.29 is 37.9 Å². The molecule has 0 spiro atoms. The number of esters is 2. The molecule has 0 amide bonds. The average Bonchev–Trinajstić information content (AvgIpc) is 3.00. The third kappa shape index (κ3) is 35.2. The normalized spacial score (nSPS) is 12.7. The van der Waals surface area contributed by atoms with Crippen LogP contribution in [0.1, 0.15) is 174 Å². The van der Waals surface area contributed by atoms with E-state index in [4.69, 9.17) is 19.3 Å². The lowest BCUT2D eigenvalue weighted by molar-refractivity contribution is -0.161. The van der Waals surface area contributed by atoms with Crippen molar-refractivity contribution in [2.75, 3.05) is 13.2 Å². The van der Waals surface area contributed by atoms with Gasteiger partial charge in [-0.2, -0.15) is 0 Å². The maximum absolute atomic E-state index is 12.3. The molecule has 0 aromatic carbocycles. The molecular weight excluding hydrogens is 591 g/mol. The van der Waals surface area contributed by atoms with E-state index in [1.807, 2.05) is 0 Å². The van der Waals surface area contributed by atoms with Crippen molar-refractivity contribution in [2.24, 2.45) is 0 Å². The molecule has 0 aromatic rings. The Morgan fingerprint density at radius 2 is 1.00 bits per heavy atom. The van der Waals surface area contributed by atoms with Crippen molar-refractivity contribution in [3.63, 3.8) is 0 Å². The van der Waals surface area contributed by atoms with Gasteiger partial charge in [-0.15, -0.1) is 0 Å². The van der Waals surface area contributed by atoms with Crippen LogP contribution >= 0.6 is 7.82 Å². The van der Waals surface area contributed by atoms with Crippen LogP contribution in [-0.2, 0) is 28.2 Å². The van der Waals surface area contributed by atoms with Crippen LogP contribution in [0.5, 0.6) is 0 Å². The Balaban J connectivity index is 4.00. The molecule has 8 nitrogen and oxygen atoms in total. The summed E-state index contributed by atoms with van der Waals surface area (Å²) in [4.78, 5) is 42.6. The monoisotopic (exact) mass is 658 g/mol. The van der Waals surface area contributed by atoms with E-state index in [0.717, 1.165) is 57.8 Å². The second-order valence-electron chi connectivity index (χ2n) is 12.2. The van der Waals surface area contributed by atoms with Gasteiger partial charge in [-0.3, -0.25) is 14.1 Å². The molecule has 0 aliphatic heterocycles. The van der Waals surface area contributed by atoms with Gasteiger partial charge in [0.2, 0.25) is 0 Å². The minimum Gasteiger partial charge on any atom is -0.462 e. The van der Waals surface area contributed by atoms with E-state index in [2.05, 4.69) is 42.7 Å². The number of hydrogen-bond donors (Lipinski definition) is 2. The third-order valence-electron chi connectivity index (χ3n) is 7.72. The number of phosphoric ester groups is 1. The molecule has 0 rings (SSSR count). The summed E-state index contributed by atoms with van der Waals surface area (Å²) in [6.07, 6.45) is 34.7. The number of rotatable bonds is 33. The molecule has 0 aliphatic carbocycles. The number of allylic oxidation sites excluding steroid dienone is 4. The quantitative estimate of drug-likeness (QED) is 0.0309. The molecule has 0 aliphatic rings. The van der Waals surface area contributed by atoms with Crippen LogP contribution in [0, 0.1) is 0 Å². The Hall–Kier alpha value is -1.47. The molecule has 264 valence electrons. The molecule has 0 fully saturated rings. The van der Waals surface area contributed by atoms with Gasteiger partial charge in [-0.05, 0) is 44.9 Å². The Labute approximate surface area is 275 Å². The topological polar surface area (TPSA) is 119 Å². The fraction of sp³-hybridized carbons (Fsp3) is 0.833. The number of ether oxygens (including phenoxy) is 2. The van der Waals surface area contributed by atoms with Crippen LogP contribution in [0.25, 0.3) is 0 Å². The molecule has 0 radical (unpaired) electrons. The van der Waals surface area contributed by atoms with Gasteiger partial charge >= 0.3 is 19.8 Å². The minimum atomic E-state index is -4.75. The highest BCUT2D eigenvalue weighted by Crippen LogP contribution is 2.36. The summed E-state index contributed by atoms with van der Waals surface area (Å²) in [7, 11) is -4.75. The first-order valence-electron chi connectivity index (χ1n) is 18.1. The van der Waals surface area contributed by atoms with Gasteiger partial charge in [0.25, 0.3) is 0 Å². The summed E-state index contributed by atoms with van der Waals surface area (Å²) in [5, 5.41) is 0. The predicted molar refractivity (Wildman–Crippen MR) is 184 cm³/mol. The van der Waals surface area contributed by atoms with Crippen LogP contribution in [-0.4, -0.2) is 41.0 Å². The van der Waals surface area contributed by atoms with Gasteiger partial charge in [0.15, 0.2) is 6.10 Å². The molecule has 0 saturated carbocycles. The maximum atomic E-state index is 12.3. The van der Waals surface area contributed by atoms with Crippen LogP contribution in [0.3, 0.4) is 0 Å². The fourth-order valence-electron chi connectivity index (χ4n) is 4.99. The van der Waals surface area contributed by atoms with Gasteiger partial charge < -0.3 is 19.3 Å². The standard InChI is InChI=1S/C36H67O8P/c1-3-5-7-9-11-13-15-17-18-19-21-23-25-27-29-31-36(38)44-34(33-43-45(39,40)41)32-42-35(37)30-28-26-24-22-20-16-14-12-10-8-6-4-2/h11,13,17-18,34H,3-10,12,14-16,19-33H2,1-2H3,(H2,39,40,41)/b13-11-,18-17-. The van der Waals surface area contributed by atoms with Crippen LogP contribution < -0.4 is 0 Å². The highest BCUT2D eigenvalue weighted by Gasteiger charge is 2.22. The molecule has 0 aromatic heterocycles. The summed E-state index contributed by atoms with van der Waals surface area (Å²) >= 11 is 0. The fourth-order valence-corrected chi connectivity index (χ4v) is 5.35. The number of unbranched alkanes of at least 4 members (excludes halogenated alkanes) is 19. The Kier molecular flexibility index (Phi) is 31.4. The van der Waals surface area contributed by atoms with Gasteiger partial charge in [-0.25, -0.2) is 4.57 Å². The number of carbonyl (C=O) groups excluding carboxylic acids is 2. The summed E-state index contributed by atoms with van der Waals surface area (Å²) in [5.41, 5.74) is 0. The van der Waals surface area contributed by atoms with Crippen molar-refractivity contribution in [3.8, 4) is 0 Å². The third-order valence-corrected chi connectivity index (χ3v) is 8.21. The first-order valence-corrected chi connectivity index (χ1v) is 19.7. The first-order chi connectivity index (χ1) is 21.8. The lowest BCUT2D eigenvalue weighted by atomic mass is 10.0. The van der Waals surface area contributed by atoms with Gasteiger partial charge in [0, 0.05) is 12.8 Å². The predicted octanol–water partition coefficient (Wildman–Crippen LogP) is 10.5. The minimum absolute atomic E-state index is 0.198. The SMILES string of the molecule is CCCCC/C=C\C/C=C\CCCCCCCC(=O)OC(COC(=O)CCCCCCCCCCCCCC)COP(=O)(O)O. The number of carbonyl (C=O) groups is 2. The van der Waals surface area contributed by atoms with Crippen molar-refractivity contribution >= 4 is 19.8 Å². The Bertz CT molecular complexity index is 792. The van der Waals surface area contributed by atoms with Crippen LogP contribution in [0.4, 0.5) is 0 Å². The van der Waals surface area contributed by atoms with Gasteiger partial charge in [0.05, 0.1) is 6.61 Å². The molecule has 0 heterocycles. The molecule has 1 unspecified atom stereocenters. The van der Waals surface area contributed by atoms with Crippen molar-refractivity contribution in [1.29, 1.82) is 0 Å². The largest absolute Gasteiger partial charge is 0.469 e. The summed E-state index contributed by atoms with van der Waals surface area (Å²) in [5.74, 6) is -0.898. The van der Waals surface area contributed by atoms with E-state index >= 15 is 0 Å². The van der Waals surface area contributed by atoms with Gasteiger partial charge in [0.1, 0.15) is 6.61 Å². The van der Waals surface area contributed by atoms with E-state index in [9.17, 15) is 14.2 Å². The number of hydrogen-bond acceptors (Lipinski definition) is 6. The van der Waals surface area contributed by atoms with E-state index in [-0.39, 0.29) is 19.4 Å². The van der Waals surface area contributed by atoms with E-state index in [1.165, 1.54) is 83.5 Å². The van der Waals surface area contributed by atoms with Crippen LogP contribution in [0.15, 0.2) is 24.3 Å². The maximum Gasteiger partial charge on any atom is 0.469 e. The second-order valence-corrected chi connectivity index (χ2v) is 13.4.